The van der Waals surface area contributed by atoms with Gasteiger partial charge in [-0.15, -0.1) is 11.3 Å². The molecule has 7 heteroatoms. The number of nitrogens with one attached hydrogen (secondary N) is 1. The minimum Gasteiger partial charge on any atom is -0.452 e. The second-order valence-corrected chi connectivity index (χ2v) is 8.99. The lowest BCUT2D eigenvalue weighted by molar-refractivity contribution is -0.154. The Bertz CT molecular complexity index is 772. The van der Waals surface area contributed by atoms with Crippen molar-refractivity contribution in [1.29, 1.82) is 0 Å². The third-order valence-corrected chi connectivity index (χ3v) is 6.98. The molecule has 0 radical (unpaired) electrons. The van der Waals surface area contributed by atoms with Gasteiger partial charge in [0, 0.05) is 22.4 Å². The van der Waals surface area contributed by atoms with Gasteiger partial charge in [-0.2, -0.15) is 11.3 Å². The van der Waals surface area contributed by atoms with E-state index < -0.39 is 12.1 Å². The molecule has 1 N–H and O–H groups in total. The summed E-state index contributed by atoms with van der Waals surface area (Å²) in [5, 5.41) is 9.85. The smallest absolute Gasteiger partial charge is 0.312 e. The first kappa shape index (κ1) is 20.0. The predicted octanol–water partition coefficient (Wildman–Crippen LogP) is 4.29. The molecular weight excluding hydrogens is 380 g/mol. The first-order valence-electron chi connectivity index (χ1n) is 9.41. The number of hydrogen-bond acceptors (Lipinski definition) is 6. The van der Waals surface area contributed by atoms with Gasteiger partial charge in [-0.05, 0) is 36.6 Å². The van der Waals surface area contributed by atoms with E-state index in [0.717, 1.165) is 23.4 Å². The lowest BCUT2D eigenvalue weighted by Crippen LogP contribution is -2.47. The van der Waals surface area contributed by atoms with E-state index in [2.05, 4.69) is 24.1 Å². The summed E-state index contributed by atoms with van der Waals surface area (Å²) in [6.07, 6.45) is 2.61. The van der Waals surface area contributed by atoms with E-state index in [1.54, 1.807) is 18.3 Å². The van der Waals surface area contributed by atoms with Gasteiger partial charge >= 0.3 is 5.97 Å². The van der Waals surface area contributed by atoms with E-state index in [1.807, 2.05) is 22.2 Å². The molecule has 0 spiro atoms. The molecular formula is C20H26N2O3S2. The lowest BCUT2D eigenvalue weighted by Gasteiger charge is -2.35. The molecule has 3 rings (SSSR count). The van der Waals surface area contributed by atoms with Crippen molar-refractivity contribution in [3.05, 3.63) is 27.9 Å². The Kier molecular flexibility index (Phi) is 6.65. The van der Waals surface area contributed by atoms with Crippen molar-refractivity contribution in [2.45, 2.75) is 58.6 Å². The minimum absolute atomic E-state index is 0.0785. The molecule has 0 saturated heterocycles. The van der Waals surface area contributed by atoms with E-state index in [-0.39, 0.29) is 18.4 Å². The van der Waals surface area contributed by atoms with Crippen LogP contribution >= 0.6 is 22.7 Å². The Labute approximate surface area is 168 Å². The second-order valence-electron chi connectivity index (χ2n) is 7.35. The van der Waals surface area contributed by atoms with Crippen LogP contribution < -0.4 is 5.32 Å². The van der Waals surface area contributed by atoms with Crippen molar-refractivity contribution in [3.8, 4) is 10.6 Å². The number of carbonyl (C=O) groups excluding carboxylic acids is 2. The number of nitrogens with zero attached hydrogens (tertiary/aromatic N) is 1. The third kappa shape index (κ3) is 5.17. The summed E-state index contributed by atoms with van der Waals surface area (Å²) in [7, 11) is 0. The maximum atomic E-state index is 12.4. The molecule has 1 aliphatic rings. The highest BCUT2D eigenvalue weighted by Crippen LogP contribution is 2.29. The number of ether oxygens (including phenoxy) is 1. The first-order valence-corrected chi connectivity index (χ1v) is 11.2. The highest BCUT2D eigenvalue weighted by Gasteiger charge is 2.30. The topological polar surface area (TPSA) is 68.3 Å². The van der Waals surface area contributed by atoms with E-state index in [0.29, 0.717) is 17.5 Å². The monoisotopic (exact) mass is 406 g/mol. The molecule has 2 heterocycles. The van der Waals surface area contributed by atoms with E-state index in [9.17, 15) is 9.59 Å². The molecule has 0 aliphatic heterocycles. The highest BCUT2D eigenvalue weighted by atomic mass is 32.1. The summed E-state index contributed by atoms with van der Waals surface area (Å²) in [6, 6.07) is 2.17. The Balaban J connectivity index is 1.49. The fraction of sp³-hybridized carbons (Fsp3) is 0.550. The number of thiophene rings is 1. The van der Waals surface area contributed by atoms with Gasteiger partial charge in [-0.3, -0.25) is 9.59 Å². The molecule has 0 bridgehead atoms. The first-order chi connectivity index (χ1) is 12.9. The molecule has 1 aliphatic carbocycles. The Morgan fingerprint density at radius 2 is 2.15 bits per heavy atom. The Hall–Kier alpha value is -1.73. The van der Waals surface area contributed by atoms with Crippen LogP contribution in [0.25, 0.3) is 10.6 Å². The molecule has 2 aromatic rings. The van der Waals surface area contributed by atoms with Crippen molar-refractivity contribution in [1.82, 2.24) is 10.3 Å². The number of thiazole rings is 1. The number of aromatic nitrogens is 1. The average Bonchev–Trinajstić information content (AvgIpc) is 3.30. The van der Waals surface area contributed by atoms with Gasteiger partial charge in [0.1, 0.15) is 5.01 Å². The fourth-order valence-electron chi connectivity index (χ4n) is 3.43. The molecule has 27 heavy (non-hydrogen) atoms. The van der Waals surface area contributed by atoms with Crippen LogP contribution in [0.2, 0.25) is 0 Å². The van der Waals surface area contributed by atoms with E-state index in [4.69, 9.17) is 4.74 Å². The number of esters is 1. The molecule has 0 aromatic carbocycles. The molecule has 2 aromatic heterocycles. The van der Waals surface area contributed by atoms with Crippen LogP contribution in [0.1, 0.15) is 45.7 Å². The quantitative estimate of drug-likeness (QED) is 0.727. The standard InChI is InChI=1S/C20H26N2O3S2/c1-12-5-4-6-17(13(12)2)22-19(24)14(3)25-18(23)9-16-11-27-20(21-16)15-7-8-26-10-15/h7-8,10-14,17H,4-6,9H2,1-3H3,(H,22,24)/t12-,13-,14-,17-/m1/s1. The largest absolute Gasteiger partial charge is 0.452 e. The maximum Gasteiger partial charge on any atom is 0.312 e. The van der Waals surface area contributed by atoms with Crippen LogP contribution in [0, 0.1) is 11.8 Å². The number of rotatable bonds is 6. The van der Waals surface area contributed by atoms with Gasteiger partial charge in [0.2, 0.25) is 0 Å². The van der Waals surface area contributed by atoms with Crippen molar-refractivity contribution in [2.24, 2.45) is 11.8 Å². The van der Waals surface area contributed by atoms with E-state index >= 15 is 0 Å². The summed E-state index contributed by atoms with van der Waals surface area (Å²) >= 11 is 3.12. The van der Waals surface area contributed by atoms with Crippen LogP contribution in [0.4, 0.5) is 0 Å². The molecule has 4 atom stereocenters. The summed E-state index contributed by atoms with van der Waals surface area (Å²) < 4.78 is 5.34. The van der Waals surface area contributed by atoms with Crippen molar-refractivity contribution >= 4 is 34.6 Å². The maximum absolute atomic E-state index is 12.4. The zero-order valence-electron chi connectivity index (χ0n) is 15.9. The van der Waals surface area contributed by atoms with Crippen LogP contribution in [0.3, 0.4) is 0 Å². The number of carbonyl (C=O) groups is 2. The van der Waals surface area contributed by atoms with Crippen molar-refractivity contribution < 1.29 is 14.3 Å². The summed E-state index contributed by atoms with van der Waals surface area (Å²) in [5.41, 5.74) is 1.74. The van der Waals surface area contributed by atoms with Gasteiger partial charge in [-0.25, -0.2) is 4.98 Å². The van der Waals surface area contributed by atoms with Gasteiger partial charge in [-0.1, -0.05) is 26.7 Å². The Morgan fingerprint density at radius 1 is 1.33 bits per heavy atom. The zero-order valence-corrected chi connectivity index (χ0v) is 17.6. The van der Waals surface area contributed by atoms with Gasteiger partial charge in [0.25, 0.3) is 5.91 Å². The van der Waals surface area contributed by atoms with Crippen molar-refractivity contribution in [2.75, 3.05) is 0 Å². The number of amides is 1. The fourth-order valence-corrected chi connectivity index (χ4v) is 4.96. The molecule has 1 fully saturated rings. The van der Waals surface area contributed by atoms with Gasteiger partial charge < -0.3 is 10.1 Å². The van der Waals surface area contributed by atoms with Crippen LogP contribution in [-0.4, -0.2) is 29.0 Å². The SMILES string of the molecule is C[C@@H]1[C@H](C)CCC[C@H]1NC(=O)[C@@H](C)OC(=O)Cc1csc(-c2ccsc2)n1. The van der Waals surface area contributed by atoms with Crippen molar-refractivity contribution in [3.63, 3.8) is 0 Å². The summed E-state index contributed by atoms with van der Waals surface area (Å²) in [4.78, 5) is 29.1. The van der Waals surface area contributed by atoms with Gasteiger partial charge in [0.05, 0.1) is 12.1 Å². The summed E-state index contributed by atoms with van der Waals surface area (Å²) in [6.45, 7) is 6.03. The van der Waals surface area contributed by atoms with Crippen LogP contribution in [0.5, 0.6) is 0 Å². The molecule has 0 unspecified atom stereocenters. The molecule has 5 nitrogen and oxygen atoms in total. The highest BCUT2D eigenvalue weighted by molar-refractivity contribution is 7.14. The van der Waals surface area contributed by atoms with Crippen LogP contribution in [-0.2, 0) is 20.7 Å². The minimum atomic E-state index is -0.795. The summed E-state index contributed by atoms with van der Waals surface area (Å²) in [5.74, 6) is 0.400. The molecule has 1 saturated carbocycles. The predicted molar refractivity (Wildman–Crippen MR) is 109 cm³/mol. The van der Waals surface area contributed by atoms with E-state index in [1.165, 1.54) is 17.8 Å². The Morgan fingerprint density at radius 3 is 2.89 bits per heavy atom. The average molecular weight is 407 g/mol. The normalized spacial score (nSPS) is 23.6. The lowest BCUT2D eigenvalue weighted by atomic mass is 9.78. The zero-order chi connectivity index (χ0) is 19.4. The molecule has 146 valence electrons. The molecule has 1 amide bonds. The van der Waals surface area contributed by atoms with Crippen LogP contribution in [0.15, 0.2) is 22.2 Å². The number of hydrogen-bond donors (Lipinski definition) is 1. The third-order valence-electron chi connectivity index (χ3n) is 5.36. The second kappa shape index (κ2) is 8.97. The van der Waals surface area contributed by atoms with Gasteiger partial charge in [0.15, 0.2) is 6.10 Å².